The summed E-state index contributed by atoms with van der Waals surface area (Å²) in [6.07, 6.45) is 2.32. The van der Waals surface area contributed by atoms with Gasteiger partial charge in [-0.05, 0) is 39.7 Å². The van der Waals surface area contributed by atoms with Gasteiger partial charge in [0.15, 0.2) is 5.69 Å². The number of nitrogens with zero attached hydrogens (tertiary/aromatic N) is 2. The molecule has 1 aromatic carbocycles. The summed E-state index contributed by atoms with van der Waals surface area (Å²) in [7, 11) is 0. The Morgan fingerprint density at radius 2 is 1.88 bits per heavy atom. The van der Waals surface area contributed by atoms with E-state index in [4.69, 9.17) is 4.42 Å². The van der Waals surface area contributed by atoms with Crippen LogP contribution in [0.25, 0.3) is 0 Å². The van der Waals surface area contributed by atoms with Crippen molar-refractivity contribution >= 4 is 5.91 Å². The SMILES string of the molecule is CCC(C)NC(=O)c1coc(CN(Cc2ccc(C)cc2)C(C)C)n1. The van der Waals surface area contributed by atoms with Gasteiger partial charge >= 0.3 is 0 Å². The molecule has 0 aliphatic heterocycles. The molecule has 0 aliphatic rings. The average Bonchev–Trinajstić information content (AvgIpc) is 3.04. The van der Waals surface area contributed by atoms with Crippen molar-refractivity contribution in [3.8, 4) is 0 Å². The molecule has 2 aromatic rings. The van der Waals surface area contributed by atoms with Crippen LogP contribution in [-0.4, -0.2) is 27.9 Å². The van der Waals surface area contributed by atoms with Gasteiger partial charge in [-0.15, -0.1) is 0 Å². The van der Waals surface area contributed by atoms with Crippen LogP contribution in [0.4, 0.5) is 0 Å². The predicted octanol–water partition coefficient (Wildman–Crippen LogP) is 3.92. The number of nitrogens with one attached hydrogen (secondary N) is 1. The lowest BCUT2D eigenvalue weighted by Crippen LogP contribution is -2.32. The molecular formula is C20H29N3O2. The second-order valence-electron chi connectivity index (χ2n) is 6.89. The number of rotatable bonds is 8. The van der Waals surface area contributed by atoms with E-state index in [1.807, 2.05) is 13.8 Å². The number of aromatic nitrogens is 1. The average molecular weight is 343 g/mol. The zero-order chi connectivity index (χ0) is 18.4. The number of aryl methyl sites for hydroxylation is 1. The summed E-state index contributed by atoms with van der Waals surface area (Å²) in [4.78, 5) is 18.7. The van der Waals surface area contributed by atoms with Crippen molar-refractivity contribution in [3.05, 3.63) is 53.2 Å². The maximum Gasteiger partial charge on any atom is 0.273 e. The van der Waals surface area contributed by atoms with Gasteiger partial charge in [0.25, 0.3) is 5.91 Å². The van der Waals surface area contributed by atoms with Crippen molar-refractivity contribution in [2.45, 2.75) is 66.2 Å². The van der Waals surface area contributed by atoms with Crippen LogP contribution in [0.15, 0.2) is 34.9 Å². The first-order chi connectivity index (χ1) is 11.9. The third-order valence-electron chi connectivity index (χ3n) is 4.35. The van der Waals surface area contributed by atoms with Crippen molar-refractivity contribution in [1.82, 2.24) is 15.2 Å². The van der Waals surface area contributed by atoms with Crippen molar-refractivity contribution in [3.63, 3.8) is 0 Å². The fourth-order valence-electron chi connectivity index (χ4n) is 2.41. The molecule has 0 saturated carbocycles. The van der Waals surface area contributed by atoms with Gasteiger partial charge in [0.2, 0.25) is 5.89 Å². The quantitative estimate of drug-likeness (QED) is 0.789. The van der Waals surface area contributed by atoms with Crippen molar-refractivity contribution in [2.75, 3.05) is 0 Å². The Labute approximate surface area is 150 Å². The molecule has 1 N–H and O–H groups in total. The van der Waals surface area contributed by atoms with Gasteiger partial charge in [0.05, 0.1) is 6.54 Å². The maximum atomic E-state index is 12.1. The zero-order valence-electron chi connectivity index (χ0n) is 15.9. The van der Waals surface area contributed by atoms with Crippen molar-refractivity contribution < 1.29 is 9.21 Å². The van der Waals surface area contributed by atoms with Crippen LogP contribution in [0.3, 0.4) is 0 Å². The summed E-state index contributed by atoms with van der Waals surface area (Å²) in [6.45, 7) is 11.8. The second kappa shape index (κ2) is 8.81. The van der Waals surface area contributed by atoms with Crippen LogP contribution in [0.5, 0.6) is 0 Å². The standard InChI is InChI=1S/C20H29N3O2/c1-6-16(5)21-20(24)18-13-25-19(22-18)12-23(14(2)3)11-17-9-7-15(4)8-10-17/h7-10,13-14,16H,6,11-12H2,1-5H3,(H,21,24). The molecule has 1 heterocycles. The van der Waals surface area contributed by atoms with Crippen molar-refractivity contribution in [1.29, 1.82) is 0 Å². The highest BCUT2D eigenvalue weighted by Crippen LogP contribution is 2.14. The molecule has 0 saturated heterocycles. The van der Waals surface area contributed by atoms with Gasteiger partial charge in [-0.3, -0.25) is 9.69 Å². The van der Waals surface area contributed by atoms with Gasteiger partial charge < -0.3 is 9.73 Å². The van der Waals surface area contributed by atoms with Gasteiger partial charge in [-0.1, -0.05) is 36.8 Å². The molecule has 1 atom stereocenters. The van der Waals surface area contributed by atoms with E-state index in [1.165, 1.54) is 17.4 Å². The van der Waals surface area contributed by atoms with E-state index < -0.39 is 0 Å². The molecule has 1 aromatic heterocycles. The Morgan fingerprint density at radius 3 is 2.48 bits per heavy atom. The van der Waals surface area contributed by atoms with Crippen LogP contribution in [0, 0.1) is 6.92 Å². The third kappa shape index (κ3) is 5.71. The summed E-state index contributed by atoms with van der Waals surface area (Å²) in [6, 6.07) is 9.00. The largest absolute Gasteiger partial charge is 0.447 e. The normalized spacial score (nSPS) is 12.6. The lowest BCUT2D eigenvalue weighted by molar-refractivity contribution is 0.0934. The molecule has 0 fully saturated rings. The smallest absolute Gasteiger partial charge is 0.273 e. The highest BCUT2D eigenvalue weighted by Gasteiger charge is 2.17. The Bertz CT molecular complexity index is 677. The molecule has 25 heavy (non-hydrogen) atoms. The van der Waals surface area contributed by atoms with Crippen LogP contribution in [0.2, 0.25) is 0 Å². The van der Waals surface area contributed by atoms with E-state index in [0.29, 0.717) is 24.2 Å². The first-order valence-corrected chi connectivity index (χ1v) is 8.94. The summed E-state index contributed by atoms with van der Waals surface area (Å²) in [5.74, 6) is 0.383. The minimum atomic E-state index is -0.181. The fourth-order valence-corrected chi connectivity index (χ4v) is 2.41. The lowest BCUT2D eigenvalue weighted by Gasteiger charge is -2.25. The molecule has 1 amide bonds. The van der Waals surface area contributed by atoms with Gasteiger partial charge in [-0.2, -0.15) is 0 Å². The number of oxazole rings is 1. The first-order valence-electron chi connectivity index (χ1n) is 8.94. The van der Waals surface area contributed by atoms with E-state index in [2.05, 4.69) is 60.2 Å². The molecule has 2 rings (SSSR count). The Hall–Kier alpha value is -2.14. The monoisotopic (exact) mass is 343 g/mol. The number of hydrogen-bond donors (Lipinski definition) is 1. The molecule has 0 bridgehead atoms. The maximum absolute atomic E-state index is 12.1. The number of benzene rings is 1. The number of carbonyl (C=O) groups excluding carboxylic acids is 1. The summed E-state index contributed by atoms with van der Waals surface area (Å²) in [5.41, 5.74) is 2.85. The van der Waals surface area contributed by atoms with Crippen LogP contribution in [-0.2, 0) is 13.1 Å². The predicted molar refractivity (Wildman–Crippen MR) is 99.3 cm³/mol. The molecule has 136 valence electrons. The van der Waals surface area contributed by atoms with E-state index in [9.17, 15) is 4.79 Å². The summed E-state index contributed by atoms with van der Waals surface area (Å²) in [5, 5.41) is 2.91. The van der Waals surface area contributed by atoms with Crippen LogP contribution < -0.4 is 5.32 Å². The van der Waals surface area contributed by atoms with Gasteiger partial charge in [-0.25, -0.2) is 4.98 Å². The Kier molecular flexibility index (Phi) is 6.76. The number of carbonyl (C=O) groups is 1. The number of amides is 1. The van der Waals surface area contributed by atoms with Gasteiger partial charge in [0.1, 0.15) is 6.26 Å². The summed E-state index contributed by atoms with van der Waals surface area (Å²) < 4.78 is 5.52. The topological polar surface area (TPSA) is 58.4 Å². The minimum Gasteiger partial charge on any atom is -0.447 e. The highest BCUT2D eigenvalue weighted by atomic mass is 16.3. The minimum absolute atomic E-state index is 0.126. The molecular weight excluding hydrogens is 314 g/mol. The van der Waals surface area contributed by atoms with E-state index >= 15 is 0 Å². The Morgan fingerprint density at radius 1 is 1.20 bits per heavy atom. The number of hydrogen-bond acceptors (Lipinski definition) is 4. The zero-order valence-corrected chi connectivity index (χ0v) is 15.9. The lowest BCUT2D eigenvalue weighted by atomic mass is 10.1. The van der Waals surface area contributed by atoms with E-state index in [1.54, 1.807) is 0 Å². The summed E-state index contributed by atoms with van der Waals surface area (Å²) >= 11 is 0. The molecule has 0 aliphatic carbocycles. The third-order valence-corrected chi connectivity index (χ3v) is 4.35. The van der Waals surface area contributed by atoms with Crippen LogP contribution >= 0.6 is 0 Å². The first kappa shape index (κ1) is 19.2. The van der Waals surface area contributed by atoms with E-state index in [0.717, 1.165) is 13.0 Å². The van der Waals surface area contributed by atoms with E-state index in [-0.39, 0.29) is 11.9 Å². The van der Waals surface area contributed by atoms with Crippen molar-refractivity contribution in [2.24, 2.45) is 0 Å². The Balaban J connectivity index is 2.02. The van der Waals surface area contributed by atoms with Gasteiger partial charge in [0, 0.05) is 18.6 Å². The fraction of sp³-hybridized carbons (Fsp3) is 0.500. The molecule has 1 unspecified atom stereocenters. The second-order valence-corrected chi connectivity index (χ2v) is 6.89. The molecule has 0 radical (unpaired) electrons. The molecule has 0 spiro atoms. The van der Waals surface area contributed by atoms with Crippen LogP contribution in [0.1, 0.15) is 61.6 Å². The molecule has 5 heteroatoms. The molecule has 5 nitrogen and oxygen atoms in total. The highest BCUT2D eigenvalue weighted by molar-refractivity contribution is 5.92.